The number of aromatic nitrogens is 1. The molecular formula is C16H17Cl2N3O3. The van der Waals surface area contributed by atoms with Crippen LogP contribution in [-0.2, 0) is 11.3 Å². The Kier molecular flexibility index (Phi) is 5.85. The first kappa shape index (κ1) is 18.3. The van der Waals surface area contributed by atoms with E-state index in [2.05, 4.69) is 10.5 Å². The van der Waals surface area contributed by atoms with E-state index in [9.17, 15) is 9.59 Å². The highest BCUT2D eigenvalue weighted by atomic mass is 35.5. The van der Waals surface area contributed by atoms with Crippen LogP contribution in [0.15, 0.2) is 28.8 Å². The van der Waals surface area contributed by atoms with E-state index in [1.807, 2.05) is 0 Å². The standard InChI is InChI=1S/C16H17Cl2N3O3/c1-9-7-11(20-24-9)8-21(3)16(23)10(2)19-15(22)12-5-4-6-13(17)14(12)18/h4-7,10H,8H2,1-3H3,(H,19,22)/t10-/m1/s1. The molecule has 0 saturated heterocycles. The van der Waals surface area contributed by atoms with Crippen LogP contribution in [0.4, 0.5) is 0 Å². The number of benzene rings is 1. The molecule has 0 aliphatic heterocycles. The van der Waals surface area contributed by atoms with Gasteiger partial charge in [0.05, 0.1) is 22.2 Å². The molecule has 0 radical (unpaired) electrons. The van der Waals surface area contributed by atoms with Gasteiger partial charge in [0, 0.05) is 13.1 Å². The molecule has 0 fully saturated rings. The van der Waals surface area contributed by atoms with E-state index < -0.39 is 11.9 Å². The number of carbonyl (C=O) groups is 2. The Morgan fingerprint density at radius 2 is 2.08 bits per heavy atom. The monoisotopic (exact) mass is 369 g/mol. The fourth-order valence-electron chi connectivity index (χ4n) is 2.16. The van der Waals surface area contributed by atoms with Gasteiger partial charge in [-0.3, -0.25) is 9.59 Å². The highest BCUT2D eigenvalue weighted by Crippen LogP contribution is 2.25. The van der Waals surface area contributed by atoms with Crippen LogP contribution in [0.2, 0.25) is 10.0 Å². The summed E-state index contributed by atoms with van der Waals surface area (Å²) < 4.78 is 4.97. The van der Waals surface area contributed by atoms with Gasteiger partial charge >= 0.3 is 0 Å². The quantitative estimate of drug-likeness (QED) is 0.878. The Hall–Kier alpha value is -2.05. The predicted molar refractivity (Wildman–Crippen MR) is 91.1 cm³/mol. The highest BCUT2D eigenvalue weighted by Gasteiger charge is 2.22. The highest BCUT2D eigenvalue weighted by molar-refractivity contribution is 6.43. The Morgan fingerprint density at radius 3 is 2.71 bits per heavy atom. The molecule has 24 heavy (non-hydrogen) atoms. The molecule has 8 heteroatoms. The zero-order valence-electron chi connectivity index (χ0n) is 13.5. The van der Waals surface area contributed by atoms with Gasteiger partial charge in [0.15, 0.2) is 0 Å². The van der Waals surface area contributed by atoms with Gasteiger partial charge in [-0.05, 0) is 26.0 Å². The number of carbonyl (C=O) groups excluding carboxylic acids is 2. The maximum absolute atomic E-state index is 12.4. The van der Waals surface area contributed by atoms with Crippen LogP contribution >= 0.6 is 23.2 Å². The largest absolute Gasteiger partial charge is 0.361 e. The molecule has 0 aliphatic carbocycles. The number of halogens is 2. The summed E-state index contributed by atoms with van der Waals surface area (Å²) in [5.41, 5.74) is 0.860. The summed E-state index contributed by atoms with van der Waals surface area (Å²) in [7, 11) is 1.63. The fourth-order valence-corrected chi connectivity index (χ4v) is 2.55. The van der Waals surface area contributed by atoms with Gasteiger partial charge in [0.1, 0.15) is 17.5 Å². The van der Waals surface area contributed by atoms with Crippen LogP contribution in [0.3, 0.4) is 0 Å². The van der Waals surface area contributed by atoms with E-state index in [1.54, 1.807) is 45.2 Å². The van der Waals surface area contributed by atoms with Crippen molar-refractivity contribution < 1.29 is 14.1 Å². The van der Waals surface area contributed by atoms with Crippen molar-refractivity contribution in [2.24, 2.45) is 0 Å². The second kappa shape index (κ2) is 7.68. The van der Waals surface area contributed by atoms with Crippen molar-refractivity contribution in [2.45, 2.75) is 26.4 Å². The topological polar surface area (TPSA) is 75.4 Å². The summed E-state index contributed by atoms with van der Waals surface area (Å²) in [5, 5.41) is 6.89. The van der Waals surface area contributed by atoms with Crippen LogP contribution in [0, 0.1) is 6.92 Å². The van der Waals surface area contributed by atoms with E-state index in [1.165, 1.54) is 4.90 Å². The van der Waals surface area contributed by atoms with Gasteiger partial charge in [0.2, 0.25) is 5.91 Å². The lowest BCUT2D eigenvalue weighted by Crippen LogP contribution is -2.45. The number of amides is 2. The third-order valence-electron chi connectivity index (χ3n) is 3.37. The summed E-state index contributed by atoms with van der Waals surface area (Å²) in [5.74, 6) is -0.0565. The third kappa shape index (κ3) is 4.27. The molecule has 2 amide bonds. The maximum Gasteiger partial charge on any atom is 0.253 e. The molecule has 2 rings (SSSR count). The maximum atomic E-state index is 12.4. The molecule has 1 atom stereocenters. The van der Waals surface area contributed by atoms with Crippen molar-refractivity contribution in [3.63, 3.8) is 0 Å². The van der Waals surface area contributed by atoms with Crippen LogP contribution in [0.1, 0.15) is 28.7 Å². The molecule has 2 aromatic rings. The number of likely N-dealkylation sites (N-methyl/N-ethyl adjacent to an activating group) is 1. The Morgan fingerprint density at radius 1 is 1.38 bits per heavy atom. The first-order valence-electron chi connectivity index (χ1n) is 7.21. The lowest BCUT2D eigenvalue weighted by Gasteiger charge is -2.21. The SMILES string of the molecule is Cc1cc(CN(C)C(=O)[C@@H](C)NC(=O)c2cccc(Cl)c2Cl)no1. The zero-order valence-corrected chi connectivity index (χ0v) is 15.0. The second-order valence-corrected chi connectivity index (χ2v) is 6.20. The van der Waals surface area contributed by atoms with Gasteiger partial charge in [-0.1, -0.05) is 34.4 Å². The average Bonchev–Trinajstić information content (AvgIpc) is 2.93. The fraction of sp³-hybridized carbons (Fsp3) is 0.312. The average molecular weight is 370 g/mol. The summed E-state index contributed by atoms with van der Waals surface area (Å²) >= 11 is 11.9. The van der Waals surface area contributed by atoms with Crippen molar-refractivity contribution >= 4 is 35.0 Å². The molecule has 1 aromatic heterocycles. The predicted octanol–water partition coefficient (Wildman–Crippen LogP) is 3.07. The lowest BCUT2D eigenvalue weighted by molar-refractivity contribution is -0.132. The van der Waals surface area contributed by atoms with Crippen molar-refractivity contribution in [3.05, 3.63) is 51.3 Å². The van der Waals surface area contributed by atoms with E-state index in [0.717, 1.165) is 0 Å². The summed E-state index contributed by atoms with van der Waals surface area (Å²) in [6.07, 6.45) is 0. The number of nitrogens with one attached hydrogen (secondary N) is 1. The Bertz CT molecular complexity index is 761. The minimum Gasteiger partial charge on any atom is -0.361 e. The van der Waals surface area contributed by atoms with Crippen LogP contribution in [0.5, 0.6) is 0 Å². The van der Waals surface area contributed by atoms with Crippen LogP contribution < -0.4 is 5.32 Å². The smallest absolute Gasteiger partial charge is 0.253 e. The molecule has 1 aromatic carbocycles. The molecule has 6 nitrogen and oxygen atoms in total. The minimum atomic E-state index is -0.731. The van der Waals surface area contributed by atoms with Gasteiger partial charge in [-0.25, -0.2) is 0 Å². The van der Waals surface area contributed by atoms with Gasteiger partial charge in [-0.15, -0.1) is 0 Å². The third-order valence-corrected chi connectivity index (χ3v) is 4.19. The zero-order chi connectivity index (χ0) is 17.9. The lowest BCUT2D eigenvalue weighted by atomic mass is 10.2. The molecule has 1 N–H and O–H groups in total. The van der Waals surface area contributed by atoms with Gasteiger partial charge < -0.3 is 14.7 Å². The van der Waals surface area contributed by atoms with Crippen LogP contribution in [-0.4, -0.2) is 35.0 Å². The molecule has 0 unspecified atom stereocenters. The molecular weight excluding hydrogens is 353 g/mol. The van der Waals surface area contributed by atoms with E-state index in [4.69, 9.17) is 27.7 Å². The van der Waals surface area contributed by atoms with Crippen molar-refractivity contribution in [1.82, 2.24) is 15.4 Å². The van der Waals surface area contributed by atoms with Crippen molar-refractivity contribution in [3.8, 4) is 0 Å². The molecule has 0 aliphatic rings. The molecule has 1 heterocycles. The summed E-state index contributed by atoms with van der Waals surface area (Å²) in [4.78, 5) is 26.1. The van der Waals surface area contributed by atoms with Crippen molar-refractivity contribution in [1.29, 1.82) is 0 Å². The van der Waals surface area contributed by atoms with Crippen molar-refractivity contribution in [2.75, 3.05) is 7.05 Å². The molecule has 128 valence electrons. The Balaban J connectivity index is 2.00. The van der Waals surface area contributed by atoms with Gasteiger partial charge in [-0.2, -0.15) is 0 Å². The minimum absolute atomic E-state index is 0.155. The molecule has 0 spiro atoms. The second-order valence-electron chi connectivity index (χ2n) is 5.42. The normalized spacial score (nSPS) is 11.9. The first-order chi connectivity index (χ1) is 11.3. The molecule has 0 saturated carbocycles. The van der Waals surface area contributed by atoms with Crippen LogP contribution in [0.25, 0.3) is 0 Å². The first-order valence-corrected chi connectivity index (χ1v) is 7.97. The number of nitrogens with zero attached hydrogens (tertiary/aromatic N) is 2. The summed E-state index contributed by atoms with van der Waals surface area (Å²) in [6, 6.07) is 5.77. The summed E-state index contributed by atoms with van der Waals surface area (Å²) in [6.45, 7) is 3.66. The van der Waals surface area contributed by atoms with E-state index >= 15 is 0 Å². The molecule has 0 bridgehead atoms. The van der Waals surface area contributed by atoms with E-state index in [-0.39, 0.29) is 28.1 Å². The Labute approximate surface area is 149 Å². The number of hydrogen-bond donors (Lipinski definition) is 1. The number of rotatable bonds is 5. The van der Waals surface area contributed by atoms with Gasteiger partial charge in [0.25, 0.3) is 5.91 Å². The van der Waals surface area contributed by atoms with E-state index in [0.29, 0.717) is 11.5 Å². The number of hydrogen-bond acceptors (Lipinski definition) is 4. The number of aryl methyl sites for hydroxylation is 1.